The highest BCUT2D eigenvalue weighted by molar-refractivity contribution is 6.31. The molecule has 26 heavy (non-hydrogen) atoms. The molecule has 0 aliphatic carbocycles. The Balaban J connectivity index is 1.51. The minimum Gasteiger partial charge on any atom is -0.489 e. The molecule has 0 saturated carbocycles. The van der Waals surface area contributed by atoms with Crippen LogP contribution in [0.25, 0.3) is 0 Å². The van der Waals surface area contributed by atoms with Gasteiger partial charge in [-0.15, -0.1) is 0 Å². The normalized spacial score (nSPS) is 16.1. The summed E-state index contributed by atoms with van der Waals surface area (Å²) in [5.41, 5.74) is 3.05. The number of anilines is 1. The highest BCUT2D eigenvalue weighted by atomic mass is 35.5. The molecular formula is C20H18ClN3O2. The van der Waals surface area contributed by atoms with E-state index < -0.39 is 0 Å². The molecule has 0 fully saturated rings. The van der Waals surface area contributed by atoms with Gasteiger partial charge in [-0.05, 0) is 23.8 Å². The van der Waals surface area contributed by atoms with Crippen molar-refractivity contribution >= 4 is 23.3 Å². The number of hydrogen-bond donors (Lipinski definition) is 1. The summed E-state index contributed by atoms with van der Waals surface area (Å²) in [5.74, 6) is 1.54. The van der Waals surface area contributed by atoms with Gasteiger partial charge in [0.2, 0.25) is 5.91 Å². The van der Waals surface area contributed by atoms with Gasteiger partial charge in [0.05, 0.1) is 6.20 Å². The first-order chi connectivity index (χ1) is 12.6. The minimum absolute atomic E-state index is 0.00469. The number of nitrogens with one attached hydrogen (secondary N) is 1. The van der Waals surface area contributed by atoms with Crippen LogP contribution in [0.5, 0.6) is 5.75 Å². The van der Waals surface area contributed by atoms with Crippen LogP contribution >= 0.6 is 11.6 Å². The number of benzene rings is 2. The summed E-state index contributed by atoms with van der Waals surface area (Å²) in [6.45, 7) is 0.414. The number of nitrogens with zero attached hydrogens (tertiary/aromatic N) is 2. The van der Waals surface area contributed by atoms with E-state index in [1.807, 2.05) is 61.8 Å². The number of fused-ring (bicyclic) bond motifs is 1. The summed E-state index contributed by atoms with van der Waals surface area (Å²) in [4.78, 5) is 12.0. The van der Waals surface area contributed by atoms with E-state index in [1.165, 1.54) is 0 Å². The van der Waals surface area contributed by atoms with E-state index in [1.54, 1.807) is 4.68 Å². The van der Waals surface area contributed by atoms with Crippen LogP contribution in [0.3, 0.4) is 0 Å². The van der Waals surface area contributed by atoms with Gasteiger partial charge in [-0.2, -0.15) is 5.10 Å². The molecule has 0 spiro atoms. The van der Waals surface area contributed by atoms with E-state index in [0.29, 0.717) is 18.1 Å². The van der Waals surface area contributed by atoms with E-state index in [4.69, 9.17) is 16.3 Å². The summed E-state index contributed by atoms with van der Waals surface area (Å²) < 4.78 is 7.52. The number of aryl methyl sites for hydroxylation is 1. The molecule has 2 heterocycles. The lowest BCUT2D eigenvalue weighted by molar-refractivity contribution is -0.116. The van der Waals surface area contributed by atoms with E-state index in [2.05, 4.69) is 10.4 Å². The van der Waals surface area contributed by atoms with Crippen molar-refractivity contribution < 1.29 is 9.53 Å². The van der Waals surface area contributed by atoms with Crippen molar-refractivity contribution in [3.8, 4) is 5.75 Å². The molecule has 1 atom stereocenters. The molecule has 132 valence electrons. The maximum absolute atomic E-state index is 12.0. The number of rotatable bonds is 4. The fourth-order valence-electron chi connectivity index (χ4n) is 3.21. The number of halogens is 1. The second kappa shape index (κ2) is 6.84. The zero-order valence-corrected chi connectivity index (χ0v) is 15.0. The Kier molecular flexibility index (Phi) is 4.39. The van der Waals surface area contributed by atoms with Gasteiger partial charge < -0.3 is 10.1 Å². The van der Waals surface area contributed by atoms with Crippen molar-refractivity contribution in [3.05, 3.63) is 76.4 Å². The maximum atomic E-state index is 12.0. The van der Waals surface area contributed by atoms with Gasteiger partial charge in [-0.3, -0.25) is 9.48 Å². The zero-order valence-electron chi connectivity index (χ0n) is 14.3. The molecule has 0 bridgehead atoms. The molecule has 1 aromatic heterocycles. The molecule has 1 unspecified atom stereocenters. The highest BCUT2D eigenvalue weighted by Crippen LogP contribution is 2.37. The lowest BCUT2D eigenvalue weighted by atomic mass is 9.87. The van der Waals surface area contributed by atoms with Gasteiger partial charge in [-0.25, -0.2) is 0 Å². The maximum Gasteiger partial charge on any atom is 0.226 e. The van der Waals surface area contributed by atoms with E-state index in [9.17, 15) is 4.79 Å². The summed E-state index contributed by atoms with van der Waals surface area (Å²) in [5, 5.41) is 7.85. The Morgan fingerprint density at radius 3 is 2.77 bits per heavy atom. The molecule has 4 rings (SSSR count). The van der Waals surface area contributed by atoms with Gasteiger partial charge in [0.1, 0.15) is 18.2 Å². The van der Waals surface area contributed by atoms with Crippen LogP contribution in [0.1, 0.15) is 29.0 Å². The molecule has 2 aromatic carbocycles. The number of ether oxygens (including phenoxy) is 1. The van der Waals surface area contributed by atoms with Gasteiger partial charge in [0.15, 0.2) is 0 Å². The quantitative estimate of drug-likeness (QED) is 0.754. The first kappa shape index (κ1) is 16.7. The first-order valence-corrected chi connectivity index (χ1v) is 8.77. The van der Waals surface area contributed by atoms with E-state index in [-0.39, 0.29) is 11.8 Å². The predicted molar refractivity (Wildman–Crippen MR) is 101 cm³/mol. The van der Waals surface area contributed by atoms with E-state index >= 15 is 0 Å². The zero-order chi connectivity index (χ0) is 18.1. The monoisotopic (exact) mass is 367 g/mol. The largest absolute Gasteiger partial charge is 0.489 e. The van der Waals surface area contributed by atoms with Crippen LogP contribution in [0, 0.1) is 0 Å². The number of carbonyl (C=O) groups excluding carboxylic acids is 1. The standard InChI is InChI=1S/C20H18ClN3O2/c1-24-20-17(11-22-24)16(10-19(25)23-20)13-6-8-15(9-7-13)26-12-14-4-2-3-5-18(14)21/h2-9,11,16H,10,12H2,1H3,(H,23,25). The predicted octanol–water partition coefficient (Wildman–Crippen LogP) is 4.13. The lowest BCUT2D eigenvalue weighted by Crippen LogP contribution is -2.24. The van der Waals surface area contributed by atoms with Crippen LogP contribution in [0.2, 0.25) is 5.02 Å². The number of amides is 1. The molecule has 1 N–H and O–H groups in total. The lowest BCUT2D eigenvalue weighted by Gasteiger charge is -2.23. The molecule has 6 heteroatoms. The Bertz CT molecular complexity index is 950. The summed E-state index contributed by atoms with van der Waals surface area (Å²) in [6.07, 6.45) is 2.24. The van der Waals surface area contributed by atoms with Gasteiger partial charge in [0, 0.05) is 35.5 Å². The van der Waals surface area contributed by atoms with Crippen molar-refractivity contribution in [1.82, 2.24) is 9.78 Å². The van der Waals surface area contributed by atoms with Gasteiger partial charge >= 0.3 is 0 Å². The Labute approximate surface area is 156 Å². The molecule has 3 aromatic rings. The third-order valence-electron chi connectivity index (χ3n) is 4.62. The van der Waals surface area contributed by atoms with Crippen LogP contribution < -0.4 is 10.1 Å². The average molecular weight is 368 g/mol. The van der Waals surface area contributed by atoms with Crippen LogP contribution in [-0.4, -0.2) is 15.7 Å². The van der Waals surface area contributed by atoms with Crippen molar-refractivity contribution in [2.45, 2.75) is 18.9 Å². The summed E-state index contributed by atoms with van der Waals surface area (Å²) in [7, 11) is 1.83. The van der Waals surface area contributed by atoms with Crippen LogP contribution in [0.15, 0.2) is 54.7 Å². The van der Waals surface area contributed by atoms with Gasteiger partial charge in [0.25, 0.3) is 0 Å². The van der Waals surface area contributed by atoms with Crippen molar-refractivity contribution in [2.75, 3.05) is 5.32 Å². The number of hydrogen-bond acceptors (Lipinski definition) is 3. The Morgan fingerprint density at radius 1 is 1.23 bits per heavy atom. The first-order valence-electron chi connectivity index (χ1n) is 8.40. The van der Waals surface area contributed by atoms with E-state index in [0.717, 1.165) is 28.3 Å². The highest BCUT2D eigenvalue weighted by Gasteiger charge is 2.29. The number of carbonyl (C=O) groups is 1. The molecular weight excluding hydrogens is 350 g/mol. The average Bonchev–Trinajstić information content (AvgIpc) is 3.02. The fourth-order valence-corrected chi connectivity index (χ4v) is 3.40. The van der Waals surface area contributed by atoms with Crippen molar-refractivity contribution in [3.63, 3.8) is 0 Å². The smallest absolute Gasteiger partial charge is 0.226 e. The molecule has 0 radical (unpaired) electrons. The number of aromatic nitrogens is 2. The third kappa shape index (κ3) is 3.18. The minimum atomic E-state index is 0.00469. The molecule has 1 aliphatic heterocycles. The van der Waals surface area contributed by atoms with Crippen LogP contribution in [0.4, 0.5) is 5.82 Å². The van der Waals surface area contributed by atoms with Gasteiger partial charge in [-0.1, -0.05) is 41.9 Å². The summed E-state index contributed by atoms with van der Waals surface area (Å²) >= 11 is 6.16. The molecule has 1 amide bonds. The fraction of sp³-hybridized carbons (Fsp3) is 0.200. The van der Waals surface area contributed by atoms with Crippen LogP contribution in [-0.2, 0) is 18.4 Å². The topological polar surface area (TPSA) is 56.2 Å². The molecule has 1 aliphatic rings. The molecule has 5 nitrogen and oxygen atoms in total. The van der Waals surface area contributed by atoms with Crippen molar-refractivity contribution in [1.29, 1.82) is 0 Å². The summed E-state index contributed by atoms with van der Waals surface area (Å²) in [6, 6.07) is 15.5. The third-order valence-corrected chi connectivity index (χ3v) is 4.99. The second-order valence-electron chi connectivity index (χ2n) is 6.33. The Morgan fingerprint density at radius 2 is 2.00 bits per heavy atom. The Hall–Kier alpha value is -2.79. The van der Waals surface area contributed by atoms with Crippen molar-refractivity contribution in [2.24, 2.45) is 7.05 Å². The second-order valence-corrected chi connectivity index (χ2v) is 6.73. The molecule has 0 saturated heterocycles. The SMILES string of the molecule is Cn1ncc2c1NC(=O)CC2c1ccc(OCc2ccccc2Cl)cc1.